The highest BCUT2D eigenvalue weighted by atomic mass is 35.5. The molecule has 1 fully saturated rings. The SMILES string of the molecule is O=c1nc2c(ncn2[C@@H]2O[C@H](CO)[C@@H](O)[C@H]2O)c(-[n+]2ccccc2)[nH]1.[Cl-]. The van der Waals surface area contributed by atoms with E-state index in [2.05, 4.69) is 15.0 Å². The van der Waals surface area contributed by atoms with Gasteiger partial charge in [-0.1, -0.05) is 6.07 Å². The largest absolute Gasteiger partial charge is 1.00 e. The van der Waals surface area contributed by atoms with Gasteiger partial charge in [-0.25, -0.2) is 14.3 Å². The van der Waals surface area contributed by atoms with E-state index in [4.69, 9.17) is 4.74 Å². The lowest BCUT2D eigenvalue weighted by Crippen LogP contribution is -3.00. The molecular formula is C15H16ClN5O5. The van der Waals surface area contributed by atoms with E-state index >= 15 is 0 Å². The molecule has 0 aromatic carbocycles. The van der Waals surface area contributed by atoms with E-state index in [1.165, 1.54) is 10.9 Å². The fourth-order valence-corrected chi connectivity index (χ4v) is 2.95. The molecule has 4 atom stereocenters. The number of nitrogens with one attached hydrogen (secondary N) is 1. The molecule has 0 bridgehead atoms. The first-order valence-electron chi connectivity index (χ1n) is 7.66. The summed E-state index contributed by atoms with van der Waals surface area (Å²) < 4.78 is 8.54. The lowest BCUT2D eigenvalue weighted by molar-refractivity contribution is -0.598. The highest BCUT2D eigenvalue weighted by molar-refractivity contribution is 5.76. The number of halogens is 1. The van der Waals surface area contributed by atoms with Crippen molar-refractivity contribution < 1.29 is 37.0 Å². The Hall–Kier alpha value is -2.37. The summed E-state index contributed by atoms with van der Waals surface area (Å²) in [6, 6.07) is 5.44. The summed E-state index contributed by atoms with van der Waals surface area (Å²) in [6.45, 7) is -0.444. The summed E-state index contributed by atoms with van der Waals surface area (Å²) >= 11 is 0. The normalized spacial score (nSPS) is 25.3. The Morgan fingerprint density at radius 1 is 1.23 bits per heavy atom. The second kappa shape index (κ2) is 7.09. The van der Waals surface area contributed by atoms with Gasteiger partial charge in [0.1, 0.15) is 18.3 Å². The zero-order valence-corrected chi connectivity index (χ0v) is 14.1. The predicted molar refractivity (Wildman–Crippen MR) is 82.7 cm³/mol. The number of nitrogens with zero attached hydrogens (tertiary/aromatic N) is 4. The Kier molecular flexibility index (Phi) is 5.03. The molecule has 0 aliphatic carbocycles. The monoisotopic (exact) mass is 381 g/mol. The van der Waals surface area contributed by atoms with Gasteiger partial charge in [0.2, 0.25) is 0 Å². The smallest absolute Gasteiger partial charge is 0.434 e. The third-order valence-corrected chi connectivity index (χ3v) is 4.19. The van der Waals surface area contributed by atoms with E-state index in [1.807, 2.05) is 6.07 Å². The number of ether oxygens (including phenoxy) is 1. The summed E-state index contributed by atoms with van der Waals surface area (Å²) in [5, 5.41) is 29.3. The lowest BCUT2D eigenvalue weighted by Gasteiger charge is -2.16. The summed E-state index contributed by atoms with van der Waals surface area (Å²) in [7, 11) is 0. The number of aliphatic hydroxyl groups is 3. The van der Waals surface area contributed by atoms with E-state index in [1.54, 1.807) is 29.1 Å². The van der Waals surface area contributed by atoms with Crippen LogP contribution in [-0.2, 0) is 4.74 Å². The second-order valence-corrected chi connectivity index (χ2v) is 5.73. The Labute approximate surface area is 152 Å². The van der Waals surface area contributed by atoms with Crippen molar-refractivity contribution >= 4 is 11.2 Å². The van der Waals surface area contributed by atoms with Crippen molar-refractivity contribution in [1.29, 1.82) is 0 Å². The maximum atomic E-state index is 12.0. The minimum Gasteiger partial charge on any atom is -1.00 e. The number of imidazole rings is 1. The van der Waals surface area contributed by atoms with Gasteiger partial charge >= 0.3 is 11.5 Å². The first-order chi connectivity index (χ1) is 12.1. The van der Waals surface area contributed by atoms with Crippen LogP contribution in [0.1, 0.15) is 6.23 Å². The first-order valence-corrected chi connectivity index (χ1v) is 7.66. The zero-order valence-electron chi connectivity index (χ0n) is 13.3. The van der Waals surface area contributed by atoms with Gasteiger partial charge in [-0.15, -0.1) is 0 Å². The van der Waals surface area contributed by atoms with Gasteiger partial charge in [0, 0.05) is 0 Å². The van der Waals surface area contributed by atoms with Gasteiger partial charge in [0.15, 0.2) is 17.4 Å². The molecule has 4 heterocycles. The van der Waals surface area contributed by atoms with Crippen LogP contribution >= 0.6 is 0 Å². The molecule has 1 aliphatic heterocycles. The van der Waals surface area contributed by atoms with E-state index in [0.717, 1.165) is 0 Å². The van der Waals surface area contributed by atoms with Crippen LogP contribution in [0.25, 0.3) is 17.0 Å². The Bertz CT molecular complexity index is 962. The molecule has 0 spiro atoms. The van der Waals surface area contributed by atoms with Crippen molar-refractivity contribution in [1.82, 2.24) is 19.5 Å². The molecule has 4 N–H and O–H groups in total. The highest BCUT2D eigenvalue weighted by Crippen LogP contribution is 2.31. The number of aromatic nitrogens is 5. The number of fused-ring (bicyclic) bond motifs is 1. The molecule has 1 aliphatic rings. The molecule has 0 saturated carbocycles. The first kappa shape index (κ1) is 18.4. The van der Waals surface area contributed by atoms with E-state index in [0.29, 0.717) is 11.3 Å². The number of aliphatic hydroxyl groups excluding tert-OH is 3. The zero-order chi connectivity index (χ0) is 17.6. The van der Waals surface area contributed by atoms with Crippen LogP contribution in [0.2, 0.25) is 0 Å². The van der Waals surface area contributed by atoms with Crippen molar-refractivity contribution in [2.75, 3.05) is 6.61 Å². The van der Waals surface area contributed by atoms with Crippen LogP contribution in [0.15, 0.2) is 41.7 Å². The Morgan fingerprint density at radius 2 is 1.96 bits per heavy atom. The molecule has 0 unspecified atom stereocenters. The van der Waals surface area contributed by atoms with Gasteiger partial charge in [-0.05, 0) is 12.1 Å². The average Bonchev–Trinajstić information content (AvgIpc) is 3.16. The van der Waals surface area contributed by atoms with Crippen LogP contribution in [0.5, 0.6) is 0 Å². The van der Waals surface area contributed by atoms with E-state index in [9.17, 15) is 20.1 Å². The molecule has 11 heteroatoms. The van der Waals surface area contributed by atoms with Crippen LogP contribution in [0.4, 0.5) is 0 Å². The van der Waals surface area contributed by atoms with Crippen LogP contribution < -0.4 is 22.7 Å². The maximum Gasteiger partial charge on any atom is 0.434 e. The summed E-state index contributed by atoms with van der Waals surface area (Å²) in [5.41, 5.74) is 0.00540. The minimum atomic E-state index is -1.29. The molecule has 138 valence electrons. The molecule has 0 amide bonds. The number of pyridine rings is 1. The summed E-state index contributed by atoms with van der Waals surface area (Å²) in [4.78, 5) is 22.8. The lowest BCUT2D eigenvalue weighted by atomic mass is 10.1. The molecule has 3 aromatic heterocycles. The molecule has 26 heavy (non-hydrogen) atoms. The average molecular weight is 382 g/mol. The highest BCUT2D eigenvalue weighted by Gasteiger charge is 2.44. The fourth-order valence-electron chi connectivity index (χ4n) is 2.95. The van der Waals surface area contributed by atoms with Gasteiger partial charge in [0.05, 0.1) is 25.3 Å². The van der Waals surface area contributed by atoms with Gasteiger partial charge in [0.25, 0.3) is 0 Å². The molecule has 10 nitrogen and oxygen atoms in total. The summed E-state index contributed by atoms with van der Waals surface area (Å²) in [6.07, 6.45) is 0.383. The number of rotatable bonds is 3. The van der Waals surface area contributed by atoms with E-state index < -0.39 is 36.8 Å². The second-order valence-electron chi connectivity index (χ2n) is 5.73. The third-order valence-electron chi connectivity index (χ3n) is 4.19. The minimum absolute atomic E-state index is 0. The van der Waals surface area contributed by atoms with Gasteiger partial charge < -0.3 is 32.5 Å². The standard InChI is InChI=1S/C15H15N5O5.ClH/c21-6-8-10(22)11(23)14(25-8)20-7-16-9-12(17-15(24)18-13(9)20)19-4-2-1-3-5-19;/h1-5,7-8,10-11,14,21-23H,6H2;1H/t8-,10-,11-,14-;/m1./s1. The van der Waals surface area contributed by atoms with Crippen LogP contribution in [-0.4, -0.2) is 59.8 Å². The van der Waals surface area contributed by atoms with Crippen molar-refractivity contribution in [3.05, 3.63) is 47.4 Å². The van der Waals surface area contributed by atoms with Crippen LogP contribution in [0, 0.1) is 0 Å². The summed E-state index contributed by atoms with van der Waals surface area (Å²) in [5.74, 6) is 0.418. The van der Waals surface area contributed by atoms with Crippen molar-refractivity contribution in [3.63, 3.8) is 0 Å². The third kappa shape index (κ3) is 2.87. The number of aromatic amines is 1. The number of hydrogen-bond acceptors (Lipinski definition) is 7. The molecule has 3 aromatic rings. The van der Waals surface area contributed by atoms with Crippen molar-refractivity contribution in [3.8, 4) is 5.82 Å². The maximum absolute atomic E-state index is 12.0. The van der Waals surface area contributed by atoms with Crippen molar-refractivity contribution in [2.45, 2.75) is 24.5 Å². The molecule has 4 rings (SSSR count). The van der Waals surface area contributed by atoms with E-state index in [-0.39, 0.29) is 18.1 Å². The van der Waals surface area contributed by atoms with Crippen LogP contribution in [0.3, 0.4) is 0 Å². The molecular weight excluding hydrogens is 366 g/mol. The fraction of sp³-hybridized carbons (Fsp3) is 0.333. The van der Waals surface area contributed by atoms with Gasteiger partial charge in [-0.3, -0.25) is 4.57 Å². The van der Waals surface area contributed by atoms with Crippen molar-refractivity contribution in [2.24, 2.45) is 0 Å². The Morgan fingerprint density at radius 3 is 2.62 bits per heavy atom. The van der Waals surface area contributed by atoms with Gasteiger partial charge in [-0.2, -0.15) is 9.97 Å². The Balaban J connectivity index is 0.00000196. The molecule has 1 saturated heterocycles. The topological polar surface area (TPSA) is 137 Å². The number of hydrogen-bond donors (Lipinski definition) is 4. The quantitative estimate of drug-likeness (QED) is 0.333. The predicted octanol–water partition coefficient (Wildman–Crippen LogP) is -4.99. The number of H-pyrrole nitrogens is 1. The molecule has 0 radical (unpaired) electrons.